The summed E-state index contributed by atoms with van der Waals surface area (Å²) >= 11 is 3.45. The largest absolute Gasteiger partial charge is 0.383 e. The number of nitrogens with one attached hydrogen (secondary N) is 1. The molecule has 0 aromatic carbocycles. The quantitative estimate of drug-likeness (QED) is 0.808. The van der Waals surface area contributed by atoms with Gasteiger partial charge in [-0.2, -0.15) is 9.61 Å². The fourth-order valence-corrected chi connectivity index (χ4v) is 3.28. The maximum atomic E-state index is 6.03. The minimum atomic E-state index is 0.547. The van der Waals surface area contributed by atoms with Gasteiger partial charge in [0.15, 0.2) is 5.65 Å². The first-order valence-corrected chi connectivity index (χ1v) is 6.81. The van der Waals surface area contributed by atoms with Crippen LogP contribution in [-0.4, -0.2) is 39.8 Å². The van der Waals surface area contributed by atoms with Crippen LogP contribution in [0, 0.1) is 0 Å². The van der Waals surface area contributed by atoms with Crippen molar-refractivity contribution in [1.29, 1.82) is 0 Å². The Hall–Kier alpha value is -1.34. The van der Waals surface area contributed by atoms with Crippen molar-refractivity contribution < 1.29 is 0 Å². The molecule has 4 rings (SSSR count). The maximum Gasteiger partial charge on any atom is 0.173 e. The number of nitrogen functional groups attached to an aromatic ring is 1. The van der Waals surface area contributed by atoms with E-state index in [0.29, 0.717) is 17.9 Å². The summed E-state index contributed by atoms with van der Waals surface area (Å²) in [5.41, 5.74) is 6.81. The van der Waals surface area contributed by atoms with E-state index >= 15 is 0 Å². The molecule has 0 radical (unpaired) electrons. The van der Waals surface area contributed by atoms with E-state index in [2.05, 4.69) is 36.2 Å². The van der Waals surface area contributed by atoms with E-state index in [1.165, 1.54) is 6.42 Å². The molecule has 2 bridgehead atoms. The van der Waals surface area contributed by atoms with Crippen molar-refractivity contribution in [3.05, 3.63) is 16.7 Å². The highest BCUT2D eigenvalue weighted by Crippen LogP contribution is 2.30. The summed E-state index contributed by atoms with van der Waals surface area (Å²) in [6.07, 6.45) is 2.92. The van der Waals surface area contributed by atoms with Crippen molar-refractivity contribution in [1.82, 2.24) is 19.9 Å². The number of hydrogen-bond acceptors (Lipinski definition) is 5. The predicted molar refractivity (Wildman–Crippen MR) is 72.6 cm³/mol. The van der Waals surface area contributed by atoms with Crippen LogP contribution in [0.5, 0.6) is 0 Å². The first-order chi connectivity index (χ1) is 8.72. The highest BCUT2D eigenvalue weighted by molar-refractivity contribution is 9.10. The summed E-state index contributed by atoms with van der Waals surface area (Å²) < 4.78 is 2.53. The molecular weight excluding hydrogens is 296 g/mol. The number of nitrogens with two attached hydrogens (primary N) is 1. The Labute approximate surface area is 112 Å². The Balaban J connectivity index is 1.83. The Kier molecular flexibility index (Phi) is 2.10. The Morgan fingerprint density at radius 3 is 3.11 bits per heavy atom. The minimum Gasteiger partial charge on any atom is -0.383 e. The molecule has 2 aromatic rings. The normalized spacial score (nSPS) is 26.4. The lowest BCUT2D eigenvalue weighted by atomic mass is 10.2. The van der Waals surface area contributed by atoms with Gasteiger partial charge in [-0.25, -0.2) is 4.98 Å². The molecule has 2 fully saturated rings. The zero-order chi connectivity index (χ0) is 12.3. The van der Waals surface area contributed by atoms with E-state index in [-0.39, 0.29) is 0 Å². The van der Waals surface area contributed by atoms with Crippen molar-refractivity contribution >= 4 is 33.2 Å². The molecule has 0 spiro atoms. The van der Waals surface area contributed by atoms with Gasteiger partial charge in [0.25, 0.3) is 0 Å². The molecule has 94 valence electrons. The van der Waals surface area contributed by atoms with E-state index in [4.69, 9.17) is 5.73 Å². The van der Waals surface area contributed by atoms with Crippen LogP contribution in [0.3, 0.4) is 0 Å². The molecule has 2 aliphatic rings. The summed E-state index contributed by atoms with van der Waals surface area (Å²) in [5.74, 6) is 1.58. The summed E-state index contributed by atoms with van der Waals surface area (Å²) in [7, 11) is 0. The van der Waals surface area contributed by atoms with E-state index in [1.807, 2.05) is 6.07 Å². The van der Waals surface area contributed by atoms with Crippen LogP contribution in [0.2, 0.25) is 0 Å². The van der Waals surface area contributed by atoms with Crippen LogP contribution in [-0.2, 0) is 0 Å². The zero-order valence-corrected chi connectivity index (χ0v) is 11.3. The second kappa shape index (κ2) is 3.58. The molecule has 0 saturated carbocycles. The fraction of sp³-hybridized carbons (Fsp3) is 0.455. The molecule has 0 aliphatic carbocycles. The van der Waals surface area contributed by atoms with Crippen molar-refractivity contribution in [3.63, 3.8) is 0 Å². The van der Waals surface area contributed by atoms with Gasteiger partial charge in [-0.3, -0.25) is 0 Å². The third-order valence-electron chi connectivity index (χ3n) is 3.79. The van der Waals surface area contributed by atoms with Gasteiger partial charge in [0.2, 0.25) is 0 Å². The van der Waals surface area contributed by atoms with Crippen molar-refractivity contribution in [2.24, 2.45) is 0 Å². The summed E-state index contributed by atoms with van der Waals surface area (Å²) in [5, 5.41) is 7.67. The summed E-state index contributed by atoms with van der Waals surface area (Å²) in [6.45, 7) is 2.05. The number of piperazine rings is 1. The van der Waals surface area contributed by atoms with Gasteiger partial charge >= 0.3 is 0 Å². The highest BCUT2D eigenvalue weighted by Gasteiger charge is 2.38. The minimum absolute atomic E-state index is 0.547. The van der Waals surface area contributed by atoms with E-state index in [1.54, 1.807) is 10.7 Å². The third kappa shape index (κ3) is 1.37. The molecule has 0 amide bonds. The van der Waals surface area contributed by atoms with Crippen LogP contribution in [0.25, 0.3) is 5.65 Å². The Bertz CT molecular complexity index is 623. The second-order valence-electron chi connectivity index (χ2n) is 4.91. The van der Waals surface area contributed by atoms with Crippen molar-refractivity contribution in [2.45, 2.75) is 18.5 Å². The molecule has 2 saturated heterocycles. The number of aromatic nitrogens is 3. The molecule has 2 aliphatic heterocycles. The van der Waals surface area contributed by atoms with Crippen LogP contribution >= 0.6 is 15.9 Å². The third-order valence-corrected chi connectivity index (χ3v) is 4.35. The SMILES string of the molecule is Nc1cc(N2C[C@H]3C[C@@H]2CN3)nc2c(Br)cnn12. The smallest absolute Gasteiger partial charge is 0.173 e. The zero-order valence-electron chi connectivity index (χ0n) is 9.67. The van der Waals surface area contributed by atoms with Gasteiger partial charge in [0.05, 0.1) is 10.7 Å². The first-order valence-electron chi connectivity index (χ1n) is 6.02. The molecule has 2 atom stereocenters. The standard InChI is InChI=1S/C11H13BrN6/c12-8-4-15-18-9(13)2-10(16-11(8)18)17-5-6-1-7(17)3-14-6/h2,4,6-7,14H,1,3,5,13H2/t6-,7-/m1/s1. The number of rotatable bonds is 1. The average Bonchev–Trinajstić information content (AvgIpc) is 3.05. The lowest BCUT2D eigenvalue weighted by Gasteiger charge is -2.28. The maximum absolute atomic E-state index is 6.03. The van der Waals surface area contributed by atoms with E-state index in [0.717, 1.165) is 29.0 Å². The number of anilines is 2. The predicted octanol–water partition coefficient (Wildman–Crippen LogP) is 0.625. The molecule has 7 heteroatoms. The highest BCUT2D eigenvalue weighted by atomic mass is 79.9. The van der Waals surface area contributed by atoms with Crippen LogP contribution in [0.1, 0.15) is 6.42 Å². The van der Waals surface area contributed by atoms with Gasteiger partial charge in [-0.05, 0) is 22.4 Å². The van der Waals surface area contributed by atoms with Gasteiger partial charge in [-0.1, -0.05) is 0 Å². The molecule has 3 N–H and O–H groups in total. The van der Waals surface area contributed by atoms with Gasteiger partial charge in [0.1, 0.15) is 11.6 Å². The van der Waals surface area contributed by atoms with Crippen LogP contribution in [0.4, 0.5) is 11.6 Å². The second-order valence-corrected chi connectivity index (χ2v) is 5.77. The summed E-state index contributed by atoms with van der Waals surface area (Å²) in [4.78, 5) is 7.01. The van der Waals surface area contributed by atoms with E-state index < -0.39 is 0 Å². The number of hydrogen-bond donors (Lipinski definition) is 2. The molecule has 18 heavy (non-hydrogen) atoms. The topological polar surface area (TPSA) is 71.5 Å². The molecular formula is C11H13BrN6. The van der Waals surface area contributed by atoms with Crippen molar-refractivity contribution in [2.75, 3.05) is 23.7 Å². The number of fused-ring (bicyclic) bond motifs is 3. The number of halogens is 1. The molecule has 4 heterocycles. The monoisotopic (exact) mass is 308 g/mol. The molecule has 2 aromatic heterocycles. The Morgan fingerprint density at radius 1 is 1.50 bits per heavy atom. The van der Waals surface area contributed by atoms with Gasteiger partial charge in [-0.15, -0.1) is 0 Å². The number of nitrogens with zero attached hydrogens (tertiary/aromatic N) is 4. The lowest BCUT2D eigenvalue weighted by Crippen LogP contribution is -2.44. The van der Waals surface area contributed by atoms with E-state index in [9.17, 15) is 0 Å². The lowest BCUT2D eigenvalue weighted by molar-refractivity contribution is 0.576. The summed E-state index contributed by atoms with van der Waals surface area (Å²) in [6, 6.07) is 3.06. The van der Waals surface area contributed by atoms with Gasteiger partial charge < -0.3 is 16.0 Å². The van der Waals surface area contributed by atoms with Crippen LogP contribution in [0.15, 0.2) is 16.7 Å². The molecule has 0 unspecified atom stereocenters. The molecule has 6 nitrogen and oxygen atoms in total. The first kappa shape index (κ1) is 10.6. The fourth-order valence-electron chi connectivity index (χ4n) is 2.93. The van der Waals surface area contributed by atoms with Crippen LogP contribution < -0.4 is 16.0 Å². The Morgan fingerprint density at radius 2 is 2.39 bits per heavy atom. The van der Waals surface area contributed by atoms with Crippen molar-refractivity contribution in [3.8, 4) is 0 Å². The average molecular weight is 309 g/mol. The van der Waals surface area contributed by atoms with Gasteiger partial charge in [0, 0.05) is 31.2 Å².